The summed E-state index contributed by atoms with van der Waals surface area (Å²) < 4.78 is 26.9. The van der Waals surface area contributed by atoms with Crippen LogP contribution in [0.2, 0.25) is 0 Å². The van der Waals surface area contributed by atoms with Crippen molar-refractivity contribution in [1.29, 1.82) is 0 Å². The van der Waals surface area contributed by atoms with E-state index in [1.54, 1.807) is 4.31 Å². The number of hydrogen-bond donors (Lipinski definition) is 1. The first-order valence-electron chi connectivity index (χ1n) is 6.82. The monoisotopic (exact) mass is 260 g/mol. The number of sulfonamides is 1. The number of nitrogens with two attached hydrogens (primary N) is 1. The molecule has 0 spiro atoms. The molecule has 1 heterocycles. The zero-order chi connectivity index (χ0) is 12.5. The van der Waals surface area contributed by atoms with Crippen LogP contribution in [0.1, 0.15) is 45.4 Å². The van der Waals surface area contributed by atoms with Gasteiger partial charge in [-0.25, -0.2) is 8.42 Å². The molecule has 3 atom stereocenters. The average Bonchev–Trinajstić information content (AvgIpc) is 2.77. The summed E-state index contributed by atoms with van der Waals surface area (Å²) in [4.78, 5) is 0. The van der Waals surface area contributed by atoms with Gasteiger partial charge < -0.3 is 5.73 Å². The second kappa shape index (κ2) is 5.24. The molecule has 0 radical (unpaired) electrons. The average molecular weight is 260 g/mol. The van der Waals surface area contributed by atoms with E-state index in [0.29, 0.717) is 18.9 Å². The van der Waals surface area contributed by atoms with E-state index in [-0.39, 0.29) is 17.8 Å². The minimum Gasteiger partial charge on any atom is -0.329 e. The Labute approximate surface area is 105 Å². The molecule has 0 bridgehead atoms. The van der Waals surface area contributed by atoms with Crippen LogP contribution in [0.3, 0.4) is 0 Å². The smallest absolute Gasteiger partial charge is 0.218 e. The van der Waals surface area contributed by atoms with Crippen molar-refractivity contribution in [2.24, 2.45) is 11.7 Å². The molecular formula is C12H24N2O2S. The maximum Gasteiger partial charge on any atom is 0.218 e. The van der Waals surface area contributed by atoms with Crippen molar-refractivity contribution in [3.8, 4) is 0 Å². The van der Waals surface area contributed by atoms with Gasteiger partial charge in [-0.2, -0.15) is 4.31 Å². The quantitative estimate of drug-likeness (QED) is 0.829. The molecule has 2 rings (SSSR count). The van der Waals surface area contributed by atoms with Gasteiger partial charge in [-0.15, -0.1) is 0 Å². The van der Waals surface area contributed by atoms with E-state index in [1.165, 1.54) is 19.3 Å². The third-order valence-corrected chi connectivity index (χ3v) is 6.88. The molecule has 2 aliphatic rings. The van der Waals surface area contributed by atoms with Gasteiger partial charge in [0.2, 0.25) is 10.0 Å². The predicted octanol–water partition coefficient (Wildman–Crippen LogP) is 1.32. The van der Waals surface area contributed by atoms with Crippen LogP contribution in [-0.2, 0) is 10.0 Å². The molecule has 1 aliphatic heterocycles. The van der Waals surface area contributed by atoms with E-state index < -0.39 is 10.0 Å². The van der Waals surface area contributed by atoms with Crippen molar-refractivity contribution < 1.29 is 8.42 Å². The molecule has 3 unspecified atom stereocenters. The van der Waals surface area contributed by atoms with Crippen LogP contribution in [-0.4, -0.2) is 37.1 Å². The summed E-state index contributed by atoms with van der Waals surface area (Å²) in [6, 6.07) is 0.273. The highest BCUT2D eigenvalue weighted by Gasteiger charge is 2.42. The van der Waals surface area contributed by atoms with Gasteiger partial charge in [0.05, 0.1) is 5.25 Å². The molecule has 5 heteroatoms. The topological polar surface area (TPSA) is 63.4 Å². The Balaban J connectivity index is 2.20. The number of rotatable bonds is 4. The minimum absolute atomic E-state index is 0.243. The lowest BCUT2D eigenvalue weighted by Gasteiger charge is -2.38. The Bertz CT molecular complexity index is 352. The van der Waals surface area contributed by atoms with Crippen molar-refractivity contribution in [2.45, 2.75) is 56.7 Å². The summed E-state index contributed by atoms with van der Waals surface area (Å²) in [5.41, 5.74) is 5.61. The number of nitrogens with zero attached hydrogens (tertiary/aromatic N) is 1. The van der Waals surface area contributed by atoms with Crippen molar-refractivity contribution >= 4 is 10.0 Å². The highest BCUT2D eigenvalue weighted by atomic mass is 32.2. The van der Waals surface area contributed by atoms with E-state index in [2.05, 4.69) is 0 Å². The van der Waals surface area contributed by atoms with Gasteiger partial charge in [-0.1, -0.05) is 13.3 Å². The second-order valence-corrected chi connectivity index (χ2v) is 7.49. The van der Waals surface area contributed by atoms with Gasteiger partial charge in [0.25, 0.3) is 0 Å². The molecule has 0 aromatic heterocycles. The third kappa shape index (κ3) is 2.37. The molecule has 100 valence electrons. The van der Waals surface area contributed by atoms with Crippen LogP contribution in [0.15, 0.2) is 0 Å². The van der Waals surface area contributed by atoms with Crippen LogP contribution in [0.5, 0.6) is 0 Å². The molecule has 1 saturated heterocycles. The minimum atomic E-state index is -3.17. The van der Waals surface area contributed by atoms with E-state index >= 15 is 0 Å². The molecule has 2 fully saturated rings. The van der Waals surface area contributed by atoms with Gasteiger partial charge in [0, 0.05) is 19.1 Å². The molecule has 1 saturated carbocycles. The summed E-state index contributed by atoms with van der Waals surface area (Å²) in [6.07, 6.45) is 6.27. The maximum absolute atomic E-state index is 12.5. The number of fused-ring (bicyclic) bond motifs is 1. The molecular weight excluding hydrogens is 236 g/mol. The summed E-state index contributed by atoms with van der Waals surface area (Å²) in [5, 5.41) is -0.387. The van der Waals surface area contributed by atoms with E-state index in [0.717, 1.165) is 12.8 Å². The van der Waals surface area contributed by atoms with Crippen molar-refractivity contribution in [1.82, 2.24) is 4.31 Å². The lowest BCUT2D eigenvalue weighted by molar-refractivity contribution is 0.200. The lowest BCUT2D eigenvalue weighted by atomic mass is 9.94. The van der Waals surface area contributed by atoms with Gasteiger partial charge in [-0.3, -0.25) is 0 Å². The van der Waals surface area contributed by atoms with Gasteiger partial charge in [0.15, 0.2) is 0 Å². The molecule has 0 amide bonds. The van der Waals surface area contributed by atoms with Gasteiger partial charge in [-0.05, 0) is 38.0 Å². The summed E-state index contributed by atoms with van der Waals surface area (Å²) in [7, 11) is -3.17. The SMILES string of the molecule is CCC(CN)S(=O)(=O)N1CCCC2CCCC21. The van der Waals surface area contributed by atoms with Crippen LogP contribution in [0, 0.1) is 5.92 Å². The first kappa shape index (κ1) is 13.3. The maximum atomic E-state index is 12.5. The fourth-order valence-corrected chi connectivity index (χ4v) is 5.50. The standard InChI is InChI=1S/C12H24N2O2S/c1-2-11(9-13)17(15,16)14-8-4-6-10-5-3-7-12(10)14/h10-12H,2-9,13H2,1H3. The van der Waals surface area contributed by atoms with Gasteiger partial charge >= 0.3 is 0 Å². The van der Waals surface area contributed by atoms with E-state index in [4.69, 9.17) is 5.73 Å². The Hall–Kier alpha value is -0.130. The highest BCUT2D eigenvalue weighted by molar-refractivity contribution is 7.89. The molecule has 17 heavy (non-hydrogen) atoms. The zero-order valence-corrected chi connectivity index (χ0v) is 11.5. The predicted molar refractivity (Wildman–Crippen MR) is 69.1 cm³/mol. The first-order chi connectivity index (χ1) is 8.11. The van der Waals surface area contributed by atoms with Crippen LogP contribution < -0.4 is 5.73 Å². The van der Waals surface area contributed by atoms with E-state index in [1.807, 2.05) is 6.92 Å². The molecule has 2 N–H and O–H groups in total. The Morgan fingerprint density at radius 2 is 2.00 bits per heavy atom. The Morgan fingerprint density at radius 3 is 2.65 bits per heavy atom. The van der Waals surface area contributed by atoms with Crippen molar-refractivity contribution in [2.75, 3.05) is 13.1 Å². The van der Waals surface area contributed by atoms with Crippen molar-refractivity contribution in [3.05, 3.63) is 0 Å². The summed E-state index contributed by atoms with van der Waals surface area (Å²) in [6.45, 7) is 2.86. The fourth-order valence-electron chi connectivity index (χ4n) is 3.41. The Morgan fingerprint density at radius 1 is 1.29 bits per heavy atom. The number of piperidine rings is 1. The summed E-state index contributed by atoms with van der Waals surface area (Å²) >= 11 is 0. The first-order valence-corrected chi connectivity index (χ1v) is 8.32. The van der Waals surface area contributed by atoms with E-state index in [9.17, 15) is 8.42 Å². The third-order valence-electron chi connectivity index (χ3n) is 4.41. The largest absolute Gasteiger partial charge is 0.329 e. The second-order valence-electron chi connectivity index (χ2n) is 5.32. The molecule has 4 nitrogen and oxygen atoms in total. The van der Waals surface area contributed by atoms with Crippen LogP contribution >= 0.6 is 0 Å². The lowest BCUT2D eigenvalue weighted by Crippen LogP contribution is -2.51. The van der Waals surface area contributed by atoms with Crippen LogP contribution in [0.4, 0.5) is 0 Å². The summed E-state index contributed by atoms with van der Waals surface area (Å²) in [5.74, 6) is 0.605. The highest BCUT2D eigenvalue weighted by Crippen LogP contribution is 2.38. The zero-order valence-electron chi connectivity index (χ0n) is 10.6. The number of hydrogen-bond acceptors (Lipinski definition) is 3. The molecule has 0 aromatic rings. The van der Waals surface area contributed by atoms with Crippen molar-refractivity contribution in [3.63, 3.8) is 0 Å². The fraction of sp³-hybridized carbons (Fsp3) is 1.00. The molecule has 1 aliphatic carbocycles. The van der Waals surface area contributed by atoms with Crippen LogP contribution in [0.25, 0.3) is 0 Å². The Kier molecular flexibility index (Phi) is 4.10. The van der Waals surface area contributed by atoms with Gasteiger partial charge in [0.1, 0.15) is 0 Å². The molecule has 0 aromatic carbocycles. The normalized spacial score (nSPS) is 32.4.